The Morgan fingerprint density at radius 2 is 1.88 bits per heavy atom. The Bertz CT molecular complexity index is 1130. The van der Waals surface area contributed by atoms with Crippen molar-refractivity contribution in [3.05, 3.63) is 18.2 Å². The quantitative estimate of drug-likeness (QED) is 0.333. The van der Waals surface area contributed by atoms with E-state index in [1.165, 1.54) is 0 Å². The molecular weight excluding hydrogens is 548 g/mol. The van der Waals surface area contributed by atoms with E-state index in [4.69, 9.17) is 14.2 Å². The van der Waals surface area contributed by atoms with Gasteiger partial charge in [0.15, 0.2) is 5.60 Å². The van der Waals surface area contributed by atoms with Crippen LogP contribution in [0, 0.1) is 17.8 Å². The lowest BCUT2D eigenvalue weighted by Crippen LogP contribution is -2.53. The zero-order valence-electron chi connectivity index (χ0n) is 27.1. The van der Waals surface area contributed by atoms with Crippen LogP contribution in [0.1, 0.15) is 74.1 Å². The monoisotopic (exact) mass is 600 g/mol. The highest BCUT2D eigenvalue weighted by Crippen LogP contribution is 2.43. The predicted octanol–water partition coefficient (Wildman–Crippen LogP) is 3.90. The second-order valence-corrected chi connectivity index (χ2v) is 13.4. The number of piperidine rings is 1. The van der Waals surface area contributed by atoms with Gasteiger partial charge in [-0.2, -0.15) is 0 Å². The van der Waals surface area contributed by atoms with Gasteiger partial charge in [-0.1, -0.05) is 13.8 Å². The SMILES string of the molecule is CCOC[C@@H](CC(C)C)NC(=O)[C@@H]1CNC[C@H](C(=O)N(c2ccc3c(c2)N(CCOC(C)C)C(=O)C(C)(C)O3)C2CC2)C1. The third-order valence-corrected chi connectivity index (χ3v) is 8.25. The van der Waals surface area contributed by atoms with Gasteiger partial charge >= 0.3 is 0 Å². The molecule has 1 aliphatic carbocycles. The average molecular weight is 601 g/mol. The number of carbonyl (C=O) groups is 3. The van der Waals surface area contributed by atoms with Crippen molar-refractivity contribution in [1.29, 1.82) is 0 Å². The lowest BCUT2D eigenvalue weighted by Gasteiger charge is -2.39. The molecule has 0 spiro atoms. The van der Waals surface area contributed by atoms with Crippen molar-refractivity contribution in [2.75, 3.05) is 49.3 Å². The number of carbonyl (C=O) groups excluding carboxylic acids is 3. The maximum Gasteiger partial charge on any atom is 0.270 e. The van der Waals surface area contributed by atoms with E-state index < -0.39 is 5.60 Å². The zero-order chi connectivity index (χ0) is 31.3. The Morgan fingerprint density at radius 1 is 1.16 bits per heavy atom. The molecule has 1 saturated heterocycles. The fourth-order valence-electron chi connectivity index (χ4n) is 6.00. The summed E-state index contributed by atoms with van der Waals surface area (Å²) in [5, 5.41) is 6.54. The largest absolute Gasteiger partial charge is 0.476 e. The first kappa shape index (κ1) is 33.2. The van der Waals surface area contributed by atoms with Gasteiger partial charge in [-0.05, 0) is 84.4 Å². The molecule has 2 fully saturated rings. The van der Waals surface area contributed by atoms with Gasteiger partial charge in [-0.25, -0.2) is 0 Å². The van der Waals surface area contributed by atoms with Crippen LogP contribution < -0.4 is 25.2 Å². The van der Waals surface area contributed by atoms with Gasteiger partial charge in [-0.15, -0.1) is 0 Å². The summed E-state index contributed by atoms with van der Waals surface area (Å²) in [7, 11) is 0. The Kier molecular flexibility index (Phi) is 11.1. The number of ether oxygens (including phenoxy) is 3. The number of benzene rings is 1. The molecule has 0 radical (unpaired) electrons. The second kappa shape index (κ2) is 14.4. The molecule has 3 amide bonds. The van der Waals surface area contributed by atoms with E-state index in [1.807, 2.05) is 43.9 Å². The number of rotatable bonds is 14. The summed E-state index contributed by atoms with van der Waals surface area (Å²) in [6, 6.07) is 5.73. The molecule has 10 nitrogen and oxygen atoms in total. The highest BCUT2D eigenvalue weighted by molar-refractivity contribution is 6.04. The zero-order valence-corrected chi connectivity index (χ0v) is 27.1. The molecule has 43 heavy (non-hydrogen) atoms. The molecule has 10 heteroatoms. The number of nitrogens with one attached hydrogen (secondary N) is 2. The predicted molar refractivity (Wildman–Crippen MR) is 167 cm³/mol. The van der Waals surface area contributed by atoms with Gasteiger partial charge in [0.25, 0.3) is 5.91 Å². The molecule has 1 aromatic rings. The summed E-state index contributed by atoms with van der Waals surface area (Å²) >= 11 is 0. The smallest absolute Gasteiger partial charge is 0.270 e. The summed E-state index contributed by atoms with van der Waals surface area (Å²) in [4.78, 5) is 44.5. The van der Waals surface area contributed by atoms with Crippen LogP contribution in [0.25, 0.3) is 0 Å². The van der Waals surface area contributed by atoms with Crippen LogP contribution in [0.3, 0.4) is 0 Å². The number of amides is 3. The Balaban J connectivity index is 1.51. The van der Waals surface area contributed by atoms with Gasteiger partial charge in [0, 0.05) is 38.0 Å². The lowest BCUT2D eigenvalue weighted by molar-refractivity contribution is -0.133. The molecule has 0 unspecified atom stereocenters. The van der Waals surface area contributed by atoms with E-state index in [-0.39, 0.29) is 47.7 Å². The van der Waals surface area contributed by atoms with Crippen LogP contribution in [0.4, 0.5) is 11.4 Å². The third-order valence-electron chi connectivity index (χ3n) is 8.25. The summed E-state index contributed by atoms with van der Waals surface area (Å²) in [6.45, 7) is 16.7. The Morgan fingerprint density at radius 3 is 2.53 bits per heavy atom. The molecule has 3 aliphatic rings. The third kappa shape index (κ3) is 8.48. The summed E-state index contributed by atoms with van der Waals surface area (Å²) < 4.78 is 17.5. The molecule has 4 rings (SSSR count). The van der Waals surface area contributed by atoms with Crippen molar-refractivity contribution < 1.29 is 28.6 Å². The molecule has 240 valence electrons. The second-order valence-electron chi connectivity index (χ2n) is 13.4. The number of hydrogen-bond donors (Lipinski definition) is 2. The highest BCUT2D eigenvalue weighted by Gasteiger charge is 2.43. The summed E-state index contributed by atoms with van der Waals surface area (Å²) in [6.07, 6.45) is 3.24. The van der Waals surface area contributed by atoms with E-state index in [2.05, 4.69) is 24.5 Å². The fraction of sp³-hybridized carbons (Fsp3) is 0.727. The number of fused-ring (bicyclic) bond motifs is 1. The van der Waals surface area contributed by atoms with E-state index >= 15 is 0 Å². The van der Waals surface area contributed by atoms with Crippen LogP contribution in [0.2, 0.25) is 0 Å². The molecule has 2 N–H and O–H groups in total. The van der Waals surface area contributed by atoms with Crippen molar-refractivity contribution in [2.24, 2.45) is 17.8 Å². The van der Waals surface area contributed by atoms with Crippen molar-refractivity contribution in [3.63, 3.8) is 0 Å². The summed E-state index contributed by atoms with van der Waals surface area (Å²) in [5.74, 6) is 0.258. The first-order chi connectivity index (χ1) is 20.4. The van der Waals surface area contributed by atoms with E-state index in [0.29, 0.717) is 63.2 Å². The van der Waals surface area contributed by atoms with Crippen LogP contribution in [0.15, 0.2) is 18.2 Å². The van der Waals surface area contributed by atoms with Crippen LogP contribution in [0.5, 0.6) is 5.75 Å². The van der Waals surface area contributed by atoms with Crippen molar-refractivity contribution in [3.8, 4) is 5.75 Å². The molecule has 0 bridgehead atoms. The van der Waals surface area contributed by atoms with Crippen LogP contribution in [-0.2, 0) is 23.9 Å². The minimum Gasteiger partial charge on any atom is -0.476 e. The minimum atomic E-state index is -1.00. The normalized spacial score (nSPS) is 22.3. The number of nitrogens with zero attached hydrogens (tertiary/aromatic N) is 2. The van der Waals surface area contributed by atoms with E-state index in [1.54, 1.807) is 18.7 Å². The van der Waals surface area contributed by atoms with Gasteiger partial charge in [0.2, 0.25) is 11.8 Å². The van der Waals surface area contributed by atoms with Gasteiger partial charge in [-0.3, -0.25) is 14.4 Å². The lowest BCUT2D eigenvalue weighted by atomic mass is 9.88. The molecule has 2 heterocycles. The standard InChI is InChI=1S/C33H52N4O6/c1-8-41-20-25(15-21(2)3)35-30(38)23-16-24(19-34-18-23)31(39)37(26-9-10-26)27-11-12-29-28(17-27)36(13-14-42-22(4)5)32(40)33(6,7)43-29/h11-12,17,21-26,34H,8-10,13-16,18-20H2,1-7H3,(H,35,38)/t23-,24+,25+/m0/s1. The fourth-order valence-corrected chi connectivity index (χ4v) is 6.00. The average Bonchev–Trinajstić information content (AvgIpc) is 3.79. The van der Waals surface area contributed by atoms with E-state index in [0.717, 1.165) is 24.9 Å². The molecule has 1 saturated carbocycles. The molecular formula is C33H52N4O6. The van der Waals surface area contributed by atoms with Crippen molar-refractivity contribution in [1.82, 2.24) is 10.6 Å². The Labute approximate surface area is 257 Å². The van der Waals surface area contributed by atoms with Crippen molar-refractivity contribution in [2.45, 2.75) is 97.9 Å². The first-order valence-electron chi connectivity index (χ1n) is 16.1. The maximum absolute atomic E-state index is 14.1. The van der Waals surface area contributed by atoms with Gasteiger partial charge < -0.3 is 34.6 Å². The highest BCUT2D eigenvalue weighted by atomic mass is 16.5. The van der Waals surface area contributed by atoms with Gasteiger partial charge in [0.05, 0.1) is 42.9 Å². The van der Waals surface area contributed by atoms with E-state index in [9.17, 15) is 14.4 Å². The molecule has 1 aromatic carbocycles. The molecule has 3 atom stereocenters. The van der Waals surface area contributed by atoms with Gasteiger partial charge in [0.1, 0.15) is 5.75 Å². The first-order valence-corrected chi connectivity index (χ1v) is 16.1. The maximum atomic E-state index is 14.1. The summed E-state index contributed by atoms with van der Waals surface area (Å²) in [5.41, 5.74) is 0.396. The Hall–Kier alpha value is -2.69. The van der Waals surface area contributed by atoms with Crippen molar-refractivity contribution >= 4 is 29.1 Å². The number of hydrogen-bond acceptors (Lipinski definition) is 7. The number of anilines is 2. The molecule has 2 aliphatic heterocycles. The minimum absolute atomic E-state index is 0.0126. The van der Waals surface area contributed by atoms with Crippen LogP contribution >= 0.6 is 0 Å². The molecule has 0 aromatic heterocycles. The van der Waals surface area contributed by atoms with Crippen LogP contribution in [-0.4, -0.2) is 81.0 Å². The topological polar surface area (TPSA) is 109 Å².